The van der Waals surface area contributed by atoms with Crippen molar-refractivity contribution in [3.8, 4) is 0 Å². The van der Waals surface area contributed by atoms with E-state index in [0.717, 1.165) is 12.1 Å². The number of alkyl halides is 3. The molecular formula is C12H10F3NO2. The molecule has 0 fully saturated rings. The van der Waals surface area contributed by atoms with Gasteiger partial charge in [0.05, 0.1) is 5.56 Å². The van der Waals surface area contributed by atoms with Crippen molar-refractivity contribution in [2.75, 3.05) is 0 Å². The summed E-state index contributed by atoms with van der Waals surface area (Å²) in [5.74, 6) is -0.934. The Bertz CT molecular complexity index is 587. The standard InChI is InChI=1S/C12H10F3NO2/c13-12(14,15)8-2-3-9-7(1-4-11(17)18)6-16-10(9)5-8/h2-3,5-6,16H,1,4H2,(H,17,18). The largest absolute Gasteiger partial charge is 0.481 e. The Morgan fingerprint density at radius 2 is 2.06 bits per heavy atom. The lowest BCUT2D eigenvalue weighted by molar-refractivity contribution is -0.138. The van der Waals surface area contributed by atoms with Crippen molar-refractivity contribution >= 4 is 16.9 Å². The molecule has 6 heteroatoms. The van der Waals surface area contributed by atoms with Gasteiger partial charge in [0.25, 0.3) is 0 Å². The number of nitrogens with one attached hydrogen (secondary N) is 1. The van der Waals surface area contributed by atoms with Gasteiger partial charge in [0, 0.05) is 23.5 Å². The first kappa shape index (κ1) is 12.5. The molecule has 2 rings (SSSR count). The number of carboxylic acids is 1. The Morgan fingerprint density at radius 1 is 1.33 bits per heavy atom. The number of carboxylic acid groups (broad SMARTS) is 1. The van der Waals surface area contributed by atoms with E-state index in [9.17, 15) is 18.0 Å². The van der Waals surface area contributed by atoms with E-state index in [1.54, 1.807) is 6.20 Å². The van der Waals surface area contributed by atoms with Crippen LogP contribution in [-0.4, -0.2) is 16.1 Å². The molecule has 0 saturated heterocycles. The number of aromatic amines is 1. The zero-order valence-electron chi connectivity index (χ0n) is 9.21. The molecule has 0 radical (unpaired) electrons. The van der Waals surface area contributed by atoms with Crippen LogP contribution in [0, 0.1) is 0 Å². The van der Waals surface area contributed by atoms with E-state index >= 15 is 0 Å². The molecule has 2 N–H and O–H groups in total. The highest BCUT2D eigenvalue weighted by atomic mass is 19.4. The van der Waals surface area contributed by atoms with Crippen molar-refractivity contribution < 1.29 is 23.1 Å². The van der Waals surface area contributed by atoms with Gasteiger partial charge in [-0.1, -0.05) is 6.07 Å². The van der Waals surface area contributed by atoms with Crippen LogP contribution in [0.3, 0.4) is 0 Å². The van der Waals surface area contributed by atoms with E-state index in [-0.39, 0.29) is 6.42 Å². The van der Waals surface area contributed by atoms with Crippen LogP contribution in [0.4, 0.5) is 13.2 Å². The topological polar surface area (TPSA) is 53.1 Å². The average Bonchev–Trinajstić information content (AvgIpc) is 2.67. The Balaban J connectivity index is 2.35. The maximum absolute atomic E-state index is 12.5. The minimum atomic E-state index is -4.37. The SMILES string of the molecule is O=C(O)CCc1c[nH]c2cc(C(F)(F)F)ccc12. The highest BCUT2D eigenvalue weighted by molar-refractivity contribution is 5.84. The molecule has 18 heavy (non-hydrogen) atoms. The van der Waals surface area contributed by atoms with Crippen LogP contribution in [0.15, 0.2) is 24.4 Å². The predicted octanol–water partition coefficient (Wildman–Crippen LogP) is 3.20. The molecule has 0 aliphatic carbocycles. The first-order valence-corrected chi connectivity index (χ1v) is 5.27. The van der Waals surface area contributed by atoms with Gasteiger partial charge in [-0.2, -0.15) is 13.2 Å². The summed E-state index contributed by atoms with van der Waals surface area (Å²) in [5.41, 5.74) is 0.355. The summed E-state index contributed by atoms with van der Waals surface area (Å²) in [4.78, 5) is 13.2. The summed E-state index contributed by atoms with van der Waals surface area (Å²) in [6.07, 6.45) is -2.58. The molecular weight excluding hydrogens is 247 g/mol. The van der Waals surface area contributed by atoms with E-state index in [1.807, 2.05) is 0 Å². The van der Waals surface area contributed by atoms with Crippen LogP contribution in [0.1, 0.15) is 17.5 Å². The lowest BCUT2D eigenvalue weighted by Crippen LogP contribution is -2.04. The number of carbonyl (C=O) groups is 1. The molecule has 1 heterocycles. The summed E-state index contributed by atoms with van der Waals surface area (Å²) in [6, 6.07) is 3.39. The first-order valence-electron chi connectivity index (χ1n) is 5.27. The van der Waals surface area contributed by atoms with Gasteiger partial charge >= 0.3 is 12.1 Å². The van der Waals surface area contributed by atoms with Crippen molar-refractivity contribution in [2.24, 2.45) is 0 Å². The van der Waals surface area contributed by atoms with Crippen LogP contribution < -0.4 is 0 Å². The molecule has 0 aliphatic rings. The maximum Gasteiger partial charge on any atom is 0.416 e. The van der Waals surface area contributed by atoms with Gasteiger partial charge < -0.3 is 10.1 Å². The minimum absolute atomic E-state index is 0.0476. The number of benzene rings is 1. The Morgan fingerprint density at radius 3 is 2.67 bits per heavy atom. The predicted molar refractivity (Wildman–Crippen MR) is 59.3 cm³/mol. The fourth-order valence-corrected chi connectivity index (χ4v) is 1.81. The number of aryl methyl sites for hydroxylation is 1. The number of hydrogen-bond acceptors (Lipinski definition) is 1. The Labute approximate surface area is 100 Å². The number of hydrogen-bond donors (Lipinski definition) is 2. The van der Waals surface area contributed by atoms with Crippen molar-refractivity contribution in [3.63, 3.8) is 0 Å². The highest BCUT2D eigenvalue weighted by Gasteiger charge is 2.30. The second-order valence-electron chi connectivity index (χ2n) is 3.97. The Hall–Kier alpha value is -1.98. The highest BCUT2D eigenvalue weighted by Crippen LogP contribution is 2.32. The van der Waals surface area contributed by atoms with Crippen LogP contribution in [0.5, 0.6) is 0 Å². The summed E-state index contributed by atoms with van der Waals surface area (Å²) in [5, 5.41) is 9.21. The van der Waals surface area contributed by atoms with E-state index in [0.29, 0.717) is 22.9 Å². The van der Waals surface area contributed by atoms with Crippen molar-refractivity contribution in [1.82, 2.24) is 4.98 Å². The van der Waals surface area contributed by atoms with Crippen molar-refractivity contribution in [3.05, 3.63) is 35.5 Å². The van der Waals surface area contributed by atoms with Crippen LogP contribution in [-0.2, 0) is 17.4 Å². The summed E-state index contributed by atoms with van der Waals surface area (Å²) in [6.45, 7) is 0. The first-order chi connectivity index (χ1) is 8.38. The third-order valence-electron chi connectivity index (χ3n) is 2.70. The molecule has 0 spiro atoms. The van der Waals surface area contributed by atoms with E-state index in [1.165, 1.54) is 6.07 Å². The van der Waals surface area contributed by atoms with E-state index in [4.69, 9.17) is 5.11 Å². The number of H-pyrrole nitrogens is 1. The summed E-state index contributed by atoms with van der Waals surface area (Å²) >= 11 is 0. The number of halogens is 3. The number of fused-ring (bicyclic) bond motifs is 1. The molecule has 0 unspecified atom stereocenters. The van der Waals surface area contributed by atoms with Gasteiger partial charge in [0.2, 0.25) is 0 Å². The molecule has 0 aliphatic heterocycles. The van der Waals surface area contributed by atoms with Crippen LogP contribution in [0.25, 0.3) is 10.9 Å². The number of aliphatic carboxylic acids is 1. The minimum Gasteiger partial charge on any atom is -0.481 e. The third kappa shape index (κ3) is 2.47. The van der Waals surface area contributed by atoms with Gasteiger partial charge in [0.15, 0.2) is 0 Å². The van der Waals surface area contributed by atoms with Gasteiger partial charge in [-0.05, 0) is 24.1 Å². The van der Waals surface area contributed by atoms with Crippen LogP contribution >= 0.6 is 0 Å². The fourth-order valence-electron chi connectivity index (χ4n) is 1.81. The lowest BCUT2D eigenvalue weighted by atomic mass is 10.1. The van der Waals surface area contributed by atoms with Crippen molar-refractivity contribution in [2.45, 2.75) is 19.0 Å². The molecule has 1 aromatic heterocycles. The quantitative estimate of drug-likeness (QED) is 0.887. The molecule has 2 aromatic rings. The number of rotatable bonds is 3. The maximum atomic E-state index is 12.5. The van der Waals surface area contributed by atoms with Gasteiger partial charge in [-0.15, -0.1) is 0 Å². The van der Waals surface area contributed by atoms with E-state index < -0.39 is 17.7 Å². The second kappa shape index (κ2) is 4.36. The molecule has 3 nitrogen and oxygen atoms in total. The molecule has 0 atom stereocenters. The Kier molecular flexibility index (Phi) is 3.02. The fraction of sp³-hybridized carbons (Fsp3) is 0.250. The molecule has 1 aromatic carbocycles. The zero-order valence-corrected chi connectivity index (χ0v) is 9.21. The van der Waals surface area contributed by atoms with Crippen molar-refractivity contribution in [1.29, 1.82) is 0 Å². The van der Waals surface area contributed by atoms with Gasteiger partial charge in [-0.25, -0.2) is 0 Å². The van der Waals surface area contributed by atoms with Gasteiger partial charge in [-0.3, -0.25) is 4.79 Å². The monoisotopic (exact) mass is 257 g/mol. The molecule has 0 amide bonds. The van der Waals surface area contributed by atoms with Crippen LogP contribution in [0.2, 0.25) is 0 Å². The summed E-state index contributed by atoms with van der Waals surface area (Å²) < 4.78 is 37.5. The molecule has 0 saturated carbocycles. The molecule has 0 bridgehead atoms. The zero-order chi connectivity index (χ0) is 13.3. The van der Waals surface area contributed by atoms with Gasteiger partial charge in [0.1, 0.15) is 0 Å². The van der Waals surface area contributed by atoms with E-state index in [2.05, 4.69) is 4.98 Å². The summed E-state index contributed by atoms with van der Waals surface area (Å²) in [7, 11) is 0. The average molecular weight is 257 g/mol. The third-order valence-corrected chi connectivity index (χ3v) is 2.70. The normalized spacial score (nSPS) is 11.9. The smallest absolute Gasteiger partial charge is 0.416 e. The second-order valence-corrected chi connectivity index (χ2v) is 3.97. The lowest BCUT2D eigenvalue weighted by Gasteiger charge is -2.06. The number of aromatic nitrogens is 1. The molecule has 96 valence electrons.